The highest BCUT2D eigenvalue weighted by Gasteiger charge is 2.10. The lowest BCUT2D eigenvalue weighted by molar-refractivity contribution is 0.0934. The monoisotopic (exact) mass is 343 g/mol. The average Bonchev–Trinajstić information content (AvgIpc) is 2.61. The van der Waals surface area contributed by atoms with Crippen LogP contribution in [0.25, 0.3) is 0 Å². The van der Waals surface area contributed by atoms with E-state index in [4.69, 9.17) is 17.0 Å². The second-order valence-corrected chi connectivity index (χ2v) is 5.10. The summed E-state index contributed by atoms with van der Waals surface area (Å²) in [5, 5.41) is 2.48. The predicted octanol–water partition coefficient (Wildman–Crippen LogP) is 2.03. The molecule has 24 heavy (non-hydrogen) atoms. The first-order valence-electron chi connectivity index (χ1n) is 7.29. The minimum Gasteiger partial charge on any atom is -0.494 e. The van der Waals surface area contributed by atoms with Crippen LogP contribution < -0.4 is 20.9 Å². The number of nitrogens with one attached hydrogen (secondary N) is 3. The van der Waals surface area contributed by atoms with Crippen molar-refractivity contribution < 1.29 is 14.3 Å². The van der Waals surface area contributed by atoms with Gasteiger partial charge in [-0.2, -0.15) is 0 Å². The number of amides is 2. The normalized spacial score (nSPS) is 9.71. The zero-order chi connectivity index (χ0) is 17.4. The third kappa shape index (κ3) is 5.06. The quantitative estimate of drug-likeness (QED) is 0.585. The van der Waals surface area contributed by atoms with Gasteiger partial charge in [-0.3, -0.25) is 25.8 Å². The first-order valence-corrected chi connectivity index (χ1v) is 7.70. The summed E-state index contributed by atoms with van der Waals surface area (Å²) >= 11 is 4.99. The molecule has 3 N–H and O–H groups in total. The van der Waals surface area contributed by atoms with Crippen LogP contribution in [0, 0.1) is 0 Å². The molecule has 0 aliphatic rings. The van der Waals surface area contributed by atoms with Crippen LogP contribution in [0.5, 0.6) is 5.75 Å². The Labute approximate surface area is 145 Å². The van der Waals surface area contributed by atoms with E-state index in [-0.39, 0.29) is 11.0 Å². The number of hydrogen-bond acceptors (Lipinski definition) is 4. The van der Waals surface area contributed by atoms with Crippen LogP contribution in [-0.4, -0.2) is 23.5 Å². The number of hydrogen-bond donors (Lipinski definition) is 3. The fourth-order valence-electron chi connectivity index (χ4n) is 1.88. The molecule has 0 atom stereocenters. The maximum absolute atomic E-state index is 12.1. The van der Waals surface area contributed by atoms with E-state index in [9.17, 15) is 9.59 Å². The molecule has 0 saturated carbocycles. The van der Waals surface area contributed by atoms with Crippen molar-refractivity contribution in [3.05, 3.63) is 65.7 Å². The number of ether oxygens (including phenoxy) is 1. The molecule has 124 valence electrons. The number of rotatable bonds is 4. The Morgan fingerprint density at radius 1 is 0.958 bits per heavy atom. The van der Waals surface area contributed by atoms with Gasteiger partial charge in [0.25, 0.3) is 11.8 Å². The van der Waals surface area contributed by atoms with E-state index in [1.54, 1.807) is 48.5 Å². The summed E-state index contributed by atoms with van der Waals surface area (Å²) < 4.78 is 5.34. The van der Waals surface area contributed by atoms with Crippen LogP contribution in [0.3, 0.4) is 0 Å². The van der Waals surface area contributed by atoms with Crippen molar-refractivity contribution in [2.75, 3.05) is 6.61 Å². The summed E-state index contributed by atoms with van der Waals surface area (Å²) in [6.45, 7) is 2.37. The van der Waals surface area contributed by atoms with Crippen LogP contribution >= 0.6 is 12.2 Å². The van der Waals surface area contributed by atoms with Gasteiger partial charge in [-0.15, -0.1) is 0 Å². The van der Waals surface area contributed by atoms with E-state index >= 15 is 0 Å². The van der Waals surface area contributed by atoms with Crippen LogP contribution in [0.4, 0.5) is 0 Å². The molecule has 2 aromatic rings. The molecule has 0 bridgehead atoms. The SMILES string of the molecule is CCOc1cccc(C(=O)NC(=S)NNC(=O)c2ccccc2)c1. The van der Waals surface area contributed by atoms with Gasteiger partial charge < -0.3 is 4.74 Å². The molecule has 7 heteroatoms. The van der Waals surface area contributed by atoms with Crippen molar-refractivity contribution in [2.45, 2.75) is 6.92 Å². The molecule has 0 fully saturated rings. The highest BCUT2D eigenvalue weighted by Crippen LogP contribution is 2.13. The summed E-state index contributed by atoms with van der Waals surface area (Å²) in [5.74, 6) is -0.157. The van der Waals surface area contributed by atoms with Gasteiger partial charge in [0.15, 0.2) is 5.11 Å². The first kappa shape index (κ1) is 17.4. The minimum atomic E-state index is -0.400. The number of benzene rings is 2. The molecule has 0 unspecified atom stereocenters. The topological polar surface area (TPSA) is 79.5 Å². The minimum absolute atomic E-state index is 0.00825. The summed E-state index contributed by atoms with van der Waals surface area (Å²) in [6, 6.07) is 15.4. The van der Waals surface area contributed by atoms with Gasteiger partial charge in [0.1, 0.15) is 5.75 Å². The van der Waals surface area contributed by atoms with Crippen molar-refractivity contribution in [1.29, 1.82) is 0 Å². The predicted molar refractivity (Wildman–Crippen MR) is 94.7 cm³/mol. The van der Waals surface area contributed by atoms with E-state index in [2.05, 4.69) is 16.2 Å². The molecule has 0 aromatic heterocycles. The summed E-state index contributed by atoms with van der Waals surface area (Å²) in [5.41, 5.74) is 5.79. The zero-order valence-corrected chi connectivity index (χ0v) is 13.9. The molecular weight excluding hydrogens is 326 g/mol. The van der Waals surface area contributed by atoms with E-state index in [1.165, 1.54) is 0 Å². The molecule has 6 nitrogen and oxygen atoms in total. The Bertz CT molecular complexity index is 735. The van der Waals surface area contributed by atoms with Gasteiger partial charge in [-0.1, -0.05) is 24.3 Å². The fourth-order valence-corrected chi connectivity index (χ4v) is 2.02. The molecule has 2 aromatic carbocycles. The molecule has 0 aliphatic heterocycles. The maximum Gasteiger partial charge on any atom is 0.269 e. The smallest absolute Gasteiger partial charge is 0.269 e. The number of carbonyl (C=O) groups is 2. The Morgan fingerprint density at radius 3 is 2.38 bits per heavy atom. The third-order valence-electron chi connectivity index (χ3n) is 2.96. The second kappa shape index (κ2) is 8.64. The number of thiocarbonyl (C=S) groups is 1. The summed E-state index contributed by atoms with van der Waals surface area (Å²) in [7, 11) is 0. The Hall–Kier alpha value is -2.93. The van der Waals surface area contributed by atoms with Crippen molar-refractivity contribution >= 4 is 29.1 Å². The van der Waals surface area contributed by atoms with Crippen LogP contribution in [0.2, 0.25) is 0 Å². The van der Waals surface area contributed by atoms with E-state index < -0.39 is 5.91 Å². The zero-order valence-electron chi connectivity index (χ0n) is 13.0. The Morgan fingerprint density at radius 2 is 1.67 bits per heavy atom. The van der Waals surface area contributed by atoms with Gasteiger partial charge in [-0.05, 0) is 49.5 Å². The summed E-state index contributed by atoms with van der Waals surface area (Å²) in [6.07, 6.45) is 0. The van der Waals surface area contributed by atoms with Crippen LogP contribution in [-0.2, 0) is 0 Å². The molecule has 2 amide bonds. The van der Waals surface area contributed by atoms with Crippen LogP contribution in [0.15, 0.2) is 54.6 Å². The lowest BCUT2D eigenvalue weighted by Gasteiger charge is -2.11. The fraction of sp³-hybridized carbons (Fsp3) is 0.118. The van der Waals surface area contributed by atoms with Gasteiger partial charge in [-0.25, -0.2) is 0 Å². The van der Waals surface area contributed by atoms with E-state index in [0.29, 0.717) is 23.5 Å². The largest absolute Gasteiger partial charge is 0.494 e. The van der Waals surface area contributed by atoms with Gasteiger partial charge in [0, 0.05) is 11.1 Å². The van der Waals surface area contributed by atoms with Gasteiger partial charge in [0.05, 0.1) is 6.61 Å². The van der Waals surface area contributed by atoms with Crippen molar-refractivity contribution in [2.24, 2.45) is 0 Å². The maximum atomic E-state index is 12.1. The van der Waals surface area contributed by atoms with Crippen molar-refractivity contribution in [1.82, 2.24) is 16.2 Å². The molecule has 0 heterocycles. The lowest BCUT2D eigenvalue weighted by atomic mass is 10.2. The summed E-state index contributed by atoms with van der Waals surface area (Å²) in [4.78, 5) is 24.0. The third-order valence-corrected chi connectivity index (χ3v) is 3.16. The standard InChI is InChI=1S/C17H17N3O3S/c1-2-23-14-10-6-9-13(11-14)15(21)18-17(24)20-19-16(22)12-7-4-3-5-8-12/h3-11H,2H2,1H3,(H,19,22)(H2,18,20,21,24). The highest BCUT2D eigenvalue weighted by molar-refractivity contribution is 7.80. The van der Waals surface area contributed by atoms with E-state index in [0.717, 1.165) is 0 Å². The molecule has 0 aliphatic carbocycles. The Kier molecular flexibility index (Phi) is 6.27. The molecule has 0 spiro atoms. The number of carbonyl (C=O) groups excluding carboxylic acids is 2. The average molecular weight is 343 g/mol. The lowest BCUT2D eigenvalue weighted by Crippen LogP contribution is -2.48. The molecule has 2 rings (SSSR count). The van der Waals surface area contributed by atoms with Gasteiger partial charge >= 0.3 is 0 Å². The second-order valence-electron chi connectivity index (χ2n) is 4.69. The molecule has 0 saturated heterocycles. The van der Waals surface area contributed by atoms with Crippen LogP contribution in [0.1, 0.15) is 27.6 Å². The van der Waals surface area contributed by atoms with Crippen molar-refractivity contribution in [3.63, 3.8) is 0 Å². The van der Waals surface area contributed by atoms with Crippen molar-refractivity contribution in [3.8, 4) is 5.75 Å². The molecule has 0 radical (unpaired) electrons. The first-order chi connectivity index (χ1) is 11.6. The number of hydrazine groups is 1. The Balaban J connectivity index is 1.87. The highest BCUT2D eigenvalue weighted by atomic mass is 32.1. The molecular formula is C17H17N3O3S. The van der Waals surface area contributed by atoms with Gasteiger partial charge in [0.2, 0.25) is 0 Å². The van der Waals surface area contributed by atoms with E-state index in [1.807, 2.05) is 13.0 Å².